The van der Waals surface area contributed by atoms with E-state index in [4.69, 9.17) is 12.2 Å². The Morgan fingerprint density at radius 1 is 1.39 bits per heavy atom. The monoisotopic (exact) mass is 328 g/mol. The van der Waals surface area contributed by atoms with Crippen LogP contribution in [0.15, 0.2) is 36.7 Å². The van der Waals surface area contributed by atoms with Crippen molar-refractivity contribution in [3.8, 4) is 0 Å². The highest BCUT2D eigenvalue weighted by Crippen LogP contribution is 2.17. The minimum absolute atomic E-state index is 0.715. The first-order valence-corrected chi connectivity index (χ1v) is 8.65. The van der Waals surface area contributed by atoms with Crippen LogP contribution >= 0.6 is 12.2 Å². The number of aromatic nitrogens is 2. The van der Waals surface area contributed by atoms with Gasteiger partial charge in [-0.2, -0.15) is 5.10 Å². The van der Waals surface area contributed by atoms with Crippen LogP contribution in [0.25, 0.3) is 0 Å². The molecule has 1 N–H and O–H groups in total. The number of hydrogen-bond donors (Lipinski definition) is 1. The zero-order valence-electron chi connectivity index (χ0n) is 13.8. The molecule has 5 heteroatoms. The van der Waals surface area contributed by atoms with Crippen molar-refractivity contribution in [2.45, 2.75) is 33.2 Å². The molecule has 0 amide bonds. The molecule has 1 aliphatic rings. The molecule has 1 fully saturated rings. The summed E-state index contributed by atoms with van der Waals surface area (Å²) in [6.45, 7) is 7.29. The van der Waals surface area contributed by atoms with E-state index in [0.717, 1.165) is 30.4 Å². The highest BCUT2D eigenvalue weighted by atomic mass is 32.1. The first-order chi connectivity index (χ1) is 11.1. The van der Waals surface area contributed by atoms with Gasteiger partial charge in [0.1, 0.15) is 0 Å². The van der Waals surface area contributed by atoms with Crippen molar-refractivity contribution in [3.05, 3.63) is 47.8 Å². The lowest BCUT2D eigenvalue weighted by Crippen LogP contribution is -2.41. The maximum atomic E-state index is 5.55. The zero-order chi connectivity index (χ0) is 16.2. The van der Waals surface area contributed by atoms with Gasteiger partial charge in [-0.25, -0.2) is 0 Å². The predicted molar refractivity (Wildman–Crippen MR) is 98.7 cm³/mol. The second-order valence-electron chi connectivity index (χ2n) is 6.48. The predicted octanol–water partition coefficient (Wildman–Crippen LogP) is 3.67. The average Bonchev–Trinajstić information content (AvgIpc) is 2.97. The molecule has 1 saturated heterocycles. The maximum absolute atomic E-state index is 5.55. The van der Waals surface area contributed by atoms with Crippen LogP contribution in [0.3, 0.4) is 0 Å². The summed E-state index contributed by atoms with van der Waals surface area (Å²) in [7, 11) is 0. The van der Waals surface area contributed by atoms with E-state index in [0.29, 0.717) is 5.92 Å². The van der Waals surface area contributed by atoms with Crippen LogP contribution in [-0.2, 0) is 6.54 Å². The molecule has 23 heavy (non-hydrogen) atoms. The minimum Gasteiger partial charge on any atom is -0.349 e. The first kappa shape index (κ1) is 16.0. The standard InChI is InChI=1S/C18H24N4S/c1-14-6-5-9-21(11-14)18(23)20-17-10-19-22(13-17)12-16-8-4-3-7-15(16)2/h3-4,7-8,10,13-14H,5-6,9,11-12H2,1-2H3,(H,20,23). The van der Waals surface area contributed by atoms with Crippen LogP contribution < -0.4 is 5.32 Å². The fourth-order valence-corrected chi connectivity index (χ4v) is 3.34. The number of aryl methyl sites for hydroxylation is 1. The van der Waals surface area contributed by atoms with Crippen LogP contribution in [0.5, 0.6) is 0 Å². The maximum Gasteiger partial charge on any atom is 0.173 e. The molecule has 0 saturated carbocycles. The van der Waals surface area contributed by atoms with Gasteiger partial charge >= 0.3 is 0 Å². The Kier molecular flexibility index (Phi) is 4.96. The number of hydrogen-bond acceptors (Lipinski definition) is 2. The summed E-state index contributed by atoms with van der Waals surface area (Å²) >= 11 is 5.55. The second kappa shape index (κ2) is 7.13. The van der Waals surface area contributed by atoms with Crippen molar-refractivity contribution in [3.63, 3.8) is 0 Å². The fraction of sp³-hybridized carbons (Fsp3) is 0.444. The van der Waals surface area contributed by atoms with Crippen molar-refractivity contribution in [1.29, 1.82) is 0 Å². The summed E-state index contributed by atoms with van der Waals surface area (Å²) in [4.78, 5) is 2.27. The van der Waals surface area contributed by atoms with E-state index in [-0.39, 0.29) is 0 Å². The van der Waals surface area contributed by atoms with Crippen molar-refractivity contribution < 1.29 is 0 Å². The van der Waals surface area contributed by atoms with Gasteiger partial charge < -0.3 is 10.2 Å². The van der Waals surface area contributed by atoms with Crippen LogP contribution in [0, 0.1) is 12.8 Å². The van der Waals surface area contributed by atoms with E-state index in [1.54, 1.807) is 0 Å². The quantitative estimate of drug-likeness (QED) is 0.872. The largest absolute Gasteiger partial charge is 0.349 e. The SMILES string of the molecule is Cc1ccccc1Cn1cc(NC(=S)N2CCCC(C)C2)cn1. The highest BCUT2D eigenvalue weighted by molar-refractivity contribution is 7.80. The van der Waals surface area contributed by atoms with E-state index in [1.165, 1.54) is 24.0 Å². The van der Waals surface area contributed by atoms with Gasteiger partial charge in [0.25, 0.3) is 0 Å². The van der Waals surface area contributed by atoms with E-state index in [2.05, 4.69) is 53.4 Å². The molecule has 0 spiro atoms. The zero-order valence-corrected chi connectivity index (χ0v) is 14.6. The van der Waals surface area contributed by atoms with Gasteiger partial charge in [0, 0.05) is 19.3 Å². The molecular formula is C18H24N4S. The summed E-state index contributed by atoms with van der Waals surface area (Å²) in [5.41, 5.74) is 3.53. The lowest BCUT2D eigenvalue weighted by Gasteiger charge is -2.32. The average molecular weight is 328 g/mol. The summed E-state index contributed by atoms with van der Waals surface area (Å²) < 4.78 is 1.95. The van der Waals surface area contributed by atoms with E-state index in [9.17, 15) is 0 Å². The van der Waals surface area contributed by atoms with Gasteiger partial charge in [0.15, 0.2) is 5.11 Å². The third-order valence-corrected chi connectivity index (χ3v) is 4.78. The minimum atomic E-state index is 0.715. The summed E-state index contributed by atoms with van der Waals surface area (Å²) in [6.07, 6.45) is 6.38. The lowest BCUT2D eigenvalue weighted by atomic mass is 10.0. The number of benzene rings is 1. The molecule has 2 heterocycles. The Morgan fingerprint density at radius 3 is 3.00 bits per heavy atom. The number of anilines is 1. The van der Waals surface area contributed by atoms with Gasteiger partial charge in [-0.3, -0.25) is 4.68 Å². The normalized spacial score (nSPS) is 18.0. The molecule has 2 aromatic rings. The third-order valence-electron chi connectivity index (χ3n) is 4.42. The summed E-state index contributed by atoms with van der Waals surface area (Å²) in [5.74, 6) is 0.715. The van der Waals surface area contributed by atoms with Gasteiger partial charge in [0.2, 0.25) is 0 Å². The molecule has 0 radical (unpaired) electrons. The topological polar surface area (TPSA) is 33.1 Å². The van der Waals surface area contributed by atoms with Crippen molar-refractivity contribution >= 4 is 23.0 Å². The molecule has 122 valence electrons. The second-order valence-corrected chi connectivity index (χ2v) is 6.86. The van der Waals surface area contributed by atoms with Gasteiger partial charge in [-0.1, -0.05) is 31.2 Å². The molecule has 1 atom stereocenters. The smallest absolute Gasteiger partial charge is 0.173 e. The first-order valence-electron chi connectivity index (χ1n) is 8.24. The number of thiocarbonyl (C=S) groups is 1. The van der Waals surface area contributed by atoms with Crippen molar-refractivity contribution in [1.82, 2.24) is 14.7 Å². The van der Waals surface area contributed by atoms with Crippen LogP contribution in [0.2, 0.25) is 0 Å². The molecule has 0 bridgehead atoms. The van der Waals surface area contributed by atoms with Crippen molar-refractivity contribution in [2.24, 2.45) is 5.92 Å². The molecule has 1 unspecified atom stereocenters. The van der Waals surface area contributed by atoms with Gasteiger partial charge in [0.05, 0.1) is 18.4 Å². The highest BCUT2D eigenvalue weighted by Gasteiger charge is 2.18. The van der Waals surface area contributed by atoms with E-state index in [1.807, 2.05) is 17.1 Å². The molecule has 0 aliphatic carbocycles. The number of nitrogens with one attached hydrogen (secondary N) is 1. The van der Waals surface area contributed by atoms with Crippen LogP contribution in [-0.4, -0.2) is 32.9 Å². The molecule has 1 aromatic heterocycles. The van der Waals surface area contributed by atoms with E-state index < -0.39 is 0 Å². The lowest BCUT2D eigenvalue weighted by molar-refractivity contribution is 0.276. The summed E-state index contributed by atoms with van der Waals surface area (Å²) in [6, 6.07) is 8.40. The Labute approximate surface area is 143 Å². The van der Waals surface area contributed by atoms with Gasteiger partial charge in [-0.05, 0) is 49.0 Å². The Bertz CT molecular complexity index is 679. The number of rotatable bonds is 3. The molecule has 4 nitrogen and oxygen atoms in total. The summed E-state index contributed by atoms with van der Waals surface area (Å²) in [5, 5.41) is 8.58. The Balaban J connectivity index is 1.61. The molecule has 3 rings (SSSR count). The van der Waals surface area contributed by atoms with E-state index >= 15 is 0 Å². The van der Waals surface area contributed by atoms with Crippen molar-refractivity contribution in [2.75, 3.05) is 18.4 Å². The number of nitrogens with zero attached hydrogens (tertiary/aromatic N) is 3. The van der Waals surface area contributed by atoms with Gasteiger partial charge in [-0.15, -0.1) is 0 Å². The third kappa shape index (κ3) is 4.10. The molecule has 1 aromatic carbocycles. The Morgan fingerprint density at radius 2 is 2.22 bits per heavy atom. The fourth-order valence-electron chi connectivity index (χ4n) is 3.05. The number of piperidine rings is 1. The molecule has 1 aliphatic heterocycles. The Hall–Kier alpha value is -1.88. The van der Waals surface area contributed by atoms with Crippen LogP contribution in [0.4, 0.5) is 5.69 Å². The molecular weight excluding hydrogens is 304 g/mol. The van der Waals surface area contributed by atoms with Crippen LogP contribution in [0.1, 0.15) is 30.9 Å². The number of likely N-dealkylation sites (tertiary alicyclic amines) is 1.